The summed E-state index contributed by atoms with van der Waals surface area (Å²) in [4.78, 5) is 0. The summed E-state index contributed by atoms with van der Waals surface area (Å²) < 4.78 is 38.6. The molecule has 0 aromatic rings. The van der Waals surface area contributed by atoms with Gasteiger partial charge in [0.05, 0.1) is 0 Å². The molecule has 1 atom stereocenters. The standard InChI is InChI=1S/C13H23F3N2/c1-2-4-11(5-3-8-17-9-11)10-18-12(6-7-12)13(14,15)16/h17-18H,2-10H2,1H3. The molecule has 5 heteroatoms. The Balaban J connectivity index is 1.94. The maximum atomic E-state index is 12.9. The quantitative estimate of drug-likeness (QED) is 0.798. The van der Waals surface area contributed by atoms with Crippen molar-refractivity contribution in [3.8, 4) is 0 Å². The minimum Gasteiger partial charge on any atom is -0.316 e. The molecule has 1 saturated heterocycles. The van der Waals surface area contributed by atoms with Gasteiger partial charge in [-0.2, -0.15) is 13.2 Å². The van der Waals surface area contributed by atoms with E-state index in [2.05, 4.69) is 17.6 Å². The minimum atomic E-state index is -4.09. The minimum absolute atomic E-state index is 0.0217. The van der Waals surface area contributed by atoms with E-state index in [4.69, 9.17) is 0 Å². The Kier molecular flexibility index (Phi) is 3.93. The Labute approximate surface area is 107 Å². The molecule has 18 heavy (non-hydrogen) atoms. The van der Waals surface area contributed by atoms with Gasteiger partial charge in [0.1, 0.15) is 5.54 Å². The zero-order valence-electron chi connectivity index (χ0n) is 11.0. The van der Waals surface area contributed by atoms with E-state index in [0.717, 1.165) is 38.8 Å². The summed E-state index contributed by atoms with van der Waals surface area (Å²) in [7, 11) is 0. The average molecular weight is 264 g/mol. The van der Waals surface area contributed by atoms with Gasteiger partial charge in [0.25, 0.3) is 0 Å². The van der Waals surface area contributed by atoms with E-state index in [9.17, 15) is 13.2 Å². The molecule has 1 unspecified atom stereocenters. The molecule has 1 aliphatic carbocycles. The van der Waals surface area contributed by atoms with Crippen LogP contribution in [0.25, 0.3) is 0 Å². The Bertz CT molecular complexity index is 273. The molecule has 2 rings (SSSR count). The number of rotatable bonds is 5. The molecule has 2 aliphatic rings. The van der Waals surface area contributed by atoms with Gasteiger partial charge < -0.3 is 10.6 Å². The predicted molar refractivity (Wildman–Crippen MR) is 65.5 cm³/mol. The predicted octanol–water partition coefficient (Wildman–Crippen LogP) is 2.84. The highest BCUT2D eigenvalue weighted by molar-refractivity contribution is 5.09. The normalized spacial score (nSPS) is 31.3. The summed E-state index contributed by atoms with van der Waals surface area (Å²) in [5.41, 5.74) is -1.54. The molecule has 2 nitrogen and oxygen atoms in total. The van der Waals surface area contributed by atoms with E-state index in [1.165, 1.54) is 0 Å². The van der Waals surface area contributed by atoms with Crippen LogP contribution in [0.2, 0.25) is 0 Å². The molecule has 1 saturated carbocycles. The lowest BCUT2D eigenvalue weighted by atomic mass is 9.76. The fourth-order valence-corrected chi connectivity index (χ4v) is 3.06. The van der Waals surface area contributed by atoms with E-state index in [0.29, 0.717) is 6.54 Å². The third-order valence-electron chi connectivity index (χ3n) is 4.44. The second kappa shape index (κ2) is 5.00. The van der Waals surface area contributed by atoms with Crippen LogP contribution in [0.15, 0.2) is 0 Å². The maximum absolute atomic E-state index is 12.9. The van der Waals surface area contributed by atoms with Gasteiger partial charge in [-0.25, -0.2) is 0 Å². The van der Waals surface area contributed by atoms with Crippen LogP contribution in [-0.2, 0) is 0 Å². The smallest absolute Gasteiger partial charge is 0.316 e. The van der Waals surface area contributed by atoms with Crippen LogP contribution in [-0.4, -0.2) is 31.3 Å². The highest BCUT2D eigenvalue weighted by Crippen LogP contribution is 2.49. The SMILES string of the molecule is CCCC1(CNC2(C(F)(F)F)CC2)CCCNC1. The molecule has 0 aromatic carbocycles. The molecule has 0 spiro atoms. The Hall–Kier alpha value is -0.290. The summed E-state index contributed by atoms with van der Waals surface area (Å²) in [6.45, 7) is 4.44. The van der Waals surface area contributed by atoms with Crippen molar-refractivity contribution in [2.24, 2.45) is 5.41 Å². The molecule has 0 amide bonds. The monoisotopic (exact) mass is 264 g/mol. The molecule has 0 radical (unpaired) electrons. The van der Waals surface area contributed by atoms with Crippen molar-refractivity contribution < 1.29 is 13.2 Å². The first-order chi connectivity index (χ1) is 8.43. The lowest BCUT2D eigenvalue weighted by Gasteiger charge is -2.39. The first-order valence-electron chi connectivity index (χ1n) is 6.96. The van der Waals surface area contributed by atoms with Gasteiger partial charge in [0.2, 0.25) is 0 Å². The maximum Gasteiger partial charge on any atom is 0.406 e. The van der Waals surface area contributed by atoms with Crippen LogP contribution >= 0.6 is 0 Å². The molecule has 1 heterocycles. The molecule has 106 valence electrons. The number of piperidine rings is 1. The Morgan fingerprint density at radius 3 is 2.39 bits per heavy atom. The molecule has 0 aromatic heterocycles. The van der Waals surface area contributed by atoms with E-state index < -0.39 is 11.7 Å². The van der Waals surface area contributed by atoms with E-state index in [1.54, 1.807) is 0 Å². The molecule has 0 bridgehead atoms. The summed E-state index contributed by atoms with van der Waals surface area (Å²) in [6.07, 6.45) is 0.527. The van der Waals surface area contributed by atoms with Gasteiger partial charge >= 0.3 is 6.18 Å². The van der Waals surface area contributed by atoms with Crippen molar-refractivity contribution >= 4 is 0 Å². The van der Waals surface area contributed by atoms with E-state index in [1.807, 2.05) is 0 Å². The van der Waals surface area contributed by atoms with Crippen molar-refractivity contribution in [3.63, 3.8) is 0 Å². The second-order valence-electron chi connectivity index (χ2n) is 5.96. The van der Waals surface area contributed by atoms with Gasteiger partial charge in [-0.15, -0.1) is 0 Å². The van der Waals surface area contributed by atoms with E-state index in [-0.39, 0.29) is 18.3 Å². The fraction of sp³-hybridized carbons (Fsp3) is 1.00. The molecule has 2 N–H and O–H groups in total. The molecular weight excluding hydrogens is 241 g/mol. The third-order valence-corrected chi connectivity index (χ3v) is 4.44. The van der Waals surface area contributed by atoms with E-state index >= 15 is 0 Å². The van der Waals surface area contributed by atoms with Gasteiger partial charge in [-0.3, -0.25) is 0 Å². The zero-order chi connectivity index (χ0) is 13.3. The highest BCUT2D eigenvalue weighted by Gasteiger charge is 2.63. The summed E-state index contributed by atoms with van der Waals surface area (Å²) in [5.74, 6) is 0. The van der Waals surface area contributed by atoms with Crippen molar-refractivity contribution in [3.05, 3.63) is 0 Å². The van der Waals surface area contributed by atoms with Gasteiger partial charge in [-0.05, 0) is 44.1 Å². The van der Waals surface area contributed by atoms with Gasteiger partial charge in [-0.1, -0.05) is 13.3 Å². The van der Waals surface area contributed by atoms with Crippen LogP contribution in [0.1, 0.15) is 45.4 Å². The average Bonchev–Trinajstić information content (AvgIpc) is 3.08. The summed E-state index contributed by atoms with van der Waals surface area (Å²) >= 11 is 0. The number of nitrogens with one attached hydrogen (secondary N) is 2. The fourth-order valence-electron chi connectivity index (χ4n) is 3.06. The summed E-state index contributed by atoms with van der Waals surface area (Å²) in [5, 5.41) is 6.18. The Morgan fingerprint density at radius 1 is 1.22 bits per heavy atom. The number of hydrogen-bond acceptors (Lipinski definition) is 2. The van der Waals surface area contributed by atoms with Crippen molar-refractivity contribution in [2.45, 2.75) is 57.2 Å². The van der Waals surface area contributed by atoms with Crippen LogP contribution in [0, 0.1) is 5.41 Å². The van der Waals surface area contributed by atoms with Crippen molar-refractivity contribution in [1.82, 2.24) is 10.6 Å². The molecule has 2 fully saturated rings. The number of alkyl halides is 3. The van der Waals surface area contributed by atoms with Gasteiger partial charge in [0.15, 0.2) is 0 Å². The third kappa shape index (κ3) is 2.82. The number of hydrogen-bond donors (Lipinski definition) is 2. The first-order valence-corrected chi connectivity index (χ1v) is 6.96. The zero-order valence-corrected chi connectivity index (χ0v) is 11.0. The van der Waals surface area contributed by atoms with Crippen LogP contribution in [0.4, 0.5) is 13.2 Å². The second-order valence-corrected chi connectivity index (χ2v) is 5.96. The molecule has 1 aliphatic heterocycles. The first kappa shape index (κ1) is 14.1. The topological polar surface area (TPSA) is 24.1 Å². The largest absolute Gasteiger partial charge is 0.406 e. The lowest BCUT2D eigenvalue weighted by Crippen LogP contribution is -2.53. The van der Waals surface area contributed by atoms with Gasteiger partial charge in [0, 0.05) is 13.1 Å². The number of halogens is 3. The van der Waals surface area contributed by atoms with Crippen LogP contribution in [0.5, 0.6) is 0 Å². The van der Waals surface area contributed by atoms with Crippen LogP contribution in [0.3, 0.4) is 0 Å². The van der Waals surface area contributed by atoms with Crippen molar-refractivity contribution in [1.29, 1.82) is 0 Å². The highest BCUT2D eigenvalue weighted by atomic mass is 19.4. The van der Waals surface area contributed by atoms with Crippen LogP contribution < -0.4 is 10.6 Å². The van der Waals surface area contributed by atoms with Crippen molar-refractivity contribution in [2.75, 3.05) is 19.6 Å². The molecular formula is C13H23F3N2. The lowest BCUT2D eigenvalue weighted by molar-refractivity contribution is -0.167. The Morgan fingerprint density at radius 2 is 1.94 bits per heavy atom. The summed E-state index contributed by atoms with van der Waals surface area (Å²) in [6, 6.07) is 0.